The highest BCUT2D eigenvalue weighted by Crippen LogP contribution is 2.23. The maximum atomic E-state index is 12.8. The topological polar surface area (TPSA) is 72.6 Å². The molecule has 1 saturated heterocycles. The van der Waals surface area contributed by atoms with Crippen LogP contribution in [0.3, 0.4) is 0 Å². The van der Waals surface area contributed by atoms with Gasteiger partial charge in [0.2, 0.25) is 0 Å². The molecule has 8 heteroatoms. The number of methoxy groups -OCH3 is 1. The largest absolute Gasteiger partial charge is 0.497 e. The van der Waals surface area contributed by atoms with Crippen LogP contribution in [0.15, 0.2) is 59.7 Å². The number of hydrogen-bond acceptors (Lipinski definition) is 6. The molecule has 0 bridgehead atoms. The van der Waals surface area contributed by atoms with Crippen molar-refractivity contribution in [1.82, 2.24) is 14.3 Å². The van der Waals surface area contributed by atoms with Crippen molar-refractivity contribution in [1.29, 1.82) is 0 Å². The quantitative estimate of drug-likeness (QED) is 0.568. The molecule has 8 nitrogen and oxygen atoms in total. The molecule has 0 saturated carbocycles. The van der Waals surface area contributed by atoms with E-state index in [2.05, 4.69) is 27.0 Å². The third-order valence-corrected chi connectivity index (χ3v) is 6.06. The monoisotopic (exact) mass is 435 g/mol. The number of anilines is 2. The van der Waals surface area contributed by atoms with Crippen LogP contribution in [-0.4, -0.2) is 53.4 Å². The zero-order valence-electron chi connectivity index (χ0n) is 18.8. The molecule has 2 heterocycles. The predicted octanol–water partition coefficient (Wildman–Crippen LogP) is 2.91. The number of carbonyl (C=O) groups excluding carboxylic acids is 1. The molecule has 1 aliphatic rings. The summed E-state index contributed by atoms with van der Waals surface area (Å²) < 4.78 is 8.00. The molecule has 0 aliphatic carbocycles. The fourth-order valence-electron chi connectivity index (χ4n) is 4.18. The number of carbonyl (C=O) groups is 1. The van der Waals surface area contributed by atoms with Crippen LogP contribution in [-0.2, 0) is 4.79 Å². The van der Waals surface area contributed by atoms with Gasteiger partial charge in [-0.3, -0.25) is 4.79 Å². The van der Waals surface area contributed by atoms with Gasteiger partial charge in [0.25, 0.3) is 0 Å². The Morgan fingerprint density at radius 1 is 0.938 bits per heavy atom. The maximum absolute atomic E-state index is 12.8. The molecular weight excluding hydrogens is 406 g/mol. The van der Waals surface area contributed by atoms with E-state index in [0.717, 1.165) is 43.3 Å². The summed E-state index contributed by atoms with van der Waals surface area (Å²) in [6, 6.07) is 15.6. The molecule has 1 aromatic heterocycles. The summed E-state index contributed by atoms with van der Waals surface area (Å²) in [5.41, 5.74) is 2.76. The Hall–Kier alpha value is -3.55. The molecule has 1 atom stereocenters. The van der Waals surface area contributed by atoms with Crippen molar-refractivity contribution in [2.75, 3.05) is 43.1 Å². The SMILES string of the molecule is CCC(C(C)=O)n1ncn(-c2ccc(N3CCN(c4ccc(OC)cc4)CC3)cc2)c1=O. The standard InChI is InChI=1S/C24H29N5O3/c1-4-23(18(2)30)29-24(31)28(17-25-29)21-7-5-19(6-8-21)26-13-15-27(16-14-26)20-9-11-22(32-3)12-10-20/h5-12,17,23H,4,13-16H2,1-3H3. The lowest BCUT2D eigenvalue weighted by molar-refractivity contribution is -0.120. The number of Topliss-reactive ketones (excluding diaryl/α,β-unsaturated/α-hetero) is 1. The van der Waals surface area contributed by atoms with E-state index in [-0.39, 0.29) is 11.5 Å². The van der Waals surface area contributed by atoms with Crippen molar-refractivity contribution < 1.29 is 9.53 Å². The average molecular weight is 436 g/mol. The highest BCUT2D eigenvalue weighted by atomic mass is 16.5. The summed E-state index contributed by atoms with van der Waals surface area (Å²) in [6.07, 6.45) is 2.02. The van der Waals surface area contributed by atoms with Crippen molar-refractivity contribution in [3.05, 3.63) is 65.3 Å². The van der Waals surface area contributed by atoms with E-state index in [9.17, 15) is 9.59 Å². The Morgan fingerprint density at radius 3 is 1.91 bits per heavy atom. The Balaban J connectivity index is 1.43. The second-order valence-electron chi connectivity index (χ2n) is 7.95. The van der Waals surface area contributed by atoms with Gasteiger partial charge in [-0.1, -0.05) is 6.92 Å². The molecule has 3 aromatic rings. The number of rotatable bonds is 7. The normalized spacial score (nSPS) is 15.0. The van der Waals surface area contributed by atoms with E-state index in [0.29, 0.717) is 6.42 Å². The first-order valence-electron chi connectivity index (χ1n) is 10.9. The van der Waals surface area contributed by atoms with Gasteiger partial charge in [-0.2, -0.15) is 5.10 Å². The van der Waals surface area contributed by atoms with Crippen molar-refractivity contribution in [2.45, 2.75) is 26.3 Å². The van der Waals surface area contributed by atoms with E-state index in [1.807, 2.05) is 43.3 Å². The molecule has 1 aliphatic heterocycles. The van der Waals surface area contributed by atoms with Gasteiger partial charge < -0.3 is 14.5 Å². The van der Waals surface area contributed by atoms with Gasteiger partial charge in [0.1, 0.15) is 18.1 Å². The molecule has 4 rings (SSSR count). The van der Waals surface area contributed by atoms with E-state index in [1.54, 1.807) is 7.11 Å². The number of piperazine rings is 1. The van der Waals surface area contributed by atoms with Crippen LogP contribution in [0.25, 0.3) is 5.69 Å². The maximum Gasteiger partial charge on any atom is 0.351 e. The average Bonchev–Trinajstić information content (AvgIpc) is 3.20. The van der Waals surface area contributed by atoms with Crippen LogP contribution < -0.4 is 20.2 Å². The summed E-state index contributed by atoms with van der Waals surface area (Å²) in [7, 11) is 1.68. The third-order valence-electron chi connectivity index (χ3n) is 6.06. The van der Waals surface area contributed by atoms with E-state index >= 15 is 0 Å². The van der Waals surface area contributed by atoms with E-state index in [4.69, 9.17) is 4.74 Å². The van der Waals surface area contributed by atoms with Crippen LogP contribution >= 0.6 is 0 Å². The Labute approximate surface area is 187 Å². The fraction of sp³-hybridized carbons (Fsp3) is 0.375. The number of nitrogens with zero attached hydrogens (tertiary/aromatic N) is 5. The van der Waals surface area contributed by atoms with Gasteiger partial charge in [-0.25, -0.2) is 14.0 Å². The van der Waals surface area contributed by atoms with Gasteiger partial charge in [0.05, 0.1) is 12.8 Å². The van der Waals surface area contributed by atoms with E-state index < -0.39 is 6.04 Å². The summed E-state index contributed by atoms with van der Waals surface area (Å²) in [5, 5.41) is 4.17. The number of benzene rings is 2. The van der Waals surface area contributed by atoms with Crippen LogP contribution in [0.4, 0.5) is 11.4 Å². The van der Waals surface area contributed by atoms with Crippen molar-refractivity contribution in [3.63, 3.8) is 0 Å². The third kappa shape index (κ3) is 4.26. The van der Waals surface area contributed by atoms with Gasteiger partial charge >= 0.3 is 5.69 Å². The smallest absolute Gasteiger partial charge is 0.351 e. The Bertz CT molecular complexity index is 1110. The van der Waals surface area contributed by atoms with Gasteiger partial charge in [-0.05, 0) is 61.9 Å². The zero-order chi connectivity index (χ0) is 22.7. The lowest BCUT2D eigenvalue weighted by atomic mass is 10.1. The van der Waals surface area contributed by atoms with Gasteiger partial charge in [0, 0.05) is 37.6 Å². The first-order chi connectivity index (χ1) is 15.5. The summed E-state index contributed by atoms with van der Waals surface area (Å²) in [6.45, 7) is 7.07. The fourth-order valence-corrected chi connectivity index (χ4v) is 4.18. The second-order valence-corrected chi connectivity index (χ2v) is 7.95. The lowest BCUT2D eigenvalue weighted by Crippen LogP contribution is -2.46. The van der Waals surface area contributed by atoms with Crippen molar-refractivity contribution in [2.24, 2.45) is 0 Å². The Kier molecular flexibility index (Phi) is 6.30. The number of ketones is 1. The minimum atomic E-state index is -0.523. The number of aromatic nitrogens is 3. The molecule has 0 N–H and O–H groups in total. The lowest BCUT2D eigenvalue weighted by Gasteiger charge is -2.37. The molecule has 32 heavy (non-hydrogen) atoms. The van der Waals surface area contributed by atoms with Crippen LogP contribution in [0.2, 0.25) is 0 Å². The molecule has 0 radical (unpaired) electrons. The molecule has 0 spiro atoms. The number of ether oxygens (including phenoxy) is 1. The molecule has 0 amide bonds. The summed E-state index contributed by atoms with van der Waals surface area (Å²) in [4.78, 5) is 29.3. The van der Waals surface area contributed by atoms with Crippen molar-refractivity contribution in [3.8, 4) is 11.4 Å². The molecule has 168 valence electrons. The minimum Gasteiger partial charge on any atom is -0.497 e. The Morgan fingerprint density at radius 2 is 1.44 bits per heavy atom. The molecule has 1 fully saturated rings. The summed E-state index contributed by atoms with van der Waals surface area (Å²) in [5.74, 6) is 0.799. The highest BCUT2D eigenvalue weighted by Gasteiger charge is 2.20. The first kappa shape index (κ1) is 21.7. The van der Waals surface area contributed by atoms with Crippen LogP contribution in [0.1, 0.15) is 26.3 Å². The van der Waals surface area contributed by atoms with Crippen molar-refractivity contribution >= 4 is 17.2 Å². The molecule has 1 unspecified atom stereocenters. The van der Waals surface area contributed by atoms with Crippen LogP contribution in [0, 0.1) is 0 Å². The second kappa shape index (κ2) is 9.30. The molecular formula is C24H29N5O3. The zero-order valence-corrected chi connectivity index (χ0v) is 18.8. The predicted molar refractivity (Wildman–Crippen MR) is 125 cm³/mol. The highest BCUT2D eigenvalue weighted by molar-refractivity contribution is 5.79. The van der Waals surface area contributed by atoms with Gasteiger partial charge in [0.15, 0.2) is 5.78 Å². The molecule has 2 aromatic carbocycles. The minimum absolute atomic E-state index is 0.0658. The number of hydrogen-bond donors (Lipinski definition) is 0. The first-order valence-corrected chi connectivity index (χ1v) is 10.9. The van der Waals surface area contributed by atoms with E-state index in [1.165, 1.54) is 28.2 Å². The van der Waals surface area contributed by atoms with Crippen LogP contribution in [0.5, 0.6) is 5.75 Å². The summed E-state index contributed by atoms with van der Waals surface area (Å²) >= 11 is 0. The van der Waals surface area contributed by atoms with Gasteiger partial charge in [-0.15, -0.1) is 0 Å².